The van der Waals surface area contributed by atoms with Gasteiger partial charge in [-0.05, 0) is 75.2 Å². The first-order valence-corrected chi connectivity index (χ1v) is 12.1. The first-order valence-electron chi connectivity index (χ1n) is 11.2. The number of methoxy groups -OCH3 is 1. The van der Waals surface area contributed by atoms with Gasteiger partial charge >= 0.3 is 0 Å². The second kappa shape index (κ2) is 10.8. The van der Waals surface area contributed by atoms with Crippen LogP contribution in [0.5, 0.6) is 5.75 Å². The quantitative estimate of drug-likeness (QED) is 0.357. The lowest BCUT2D eigenvalue weighted by atomic mass is 10.1. The summed E-state index contributed by atoms with van der Waals surface area (Å²) in [6.07, 6.45) is 2.11. The molecule has 1 aliphatic heterocycles. The summed E-state index contributed by atoms with van der Waals surface area (Å²) in [5, 5.41) is 12.0. The van der Waals surface area contributed by atoms with E-state index in [1.165, 1.54) is 18.7 Å². The molecule has 4 rings (SSSR count). The van der Waals surface area contributed by atoms with E-state index in [2.05, 4.69) is 15.5 Å². The van der Waals surface area contributed by atoms with Gasteiger partial charge in [-0.3, -0.25) is 14.2 Å². The van der Waals surface area contributed by atoms with E-state index in [0.29, 0.717) is 23.0 Å². The molecular weight excluding hydrogens is 452 g/mol. The fourth-order valence-corrected chi connectivity index (χ4v) is 4.59. The molecule has 2 unspecified atom stereocenters. The van der Waals surface area contributed by atoms with Crippen molar-refractivity contribution in [2.24, 2.45) is 0 Å². The molecule has 1 aromatic heterocycles. The predicted octanol–water partition coefficient (Wildman–Crippen LogP) is 4.45. The monoisotopic (exact) mass is 480 g/mol. The molecule has 8 nitrogen and oxygen atoms in total. The lowest BCUT2D eigenvalue weighted by Gasteiger charge is -2.16. The van der Waals surface area contributed by atoms with Crippen molar-refractivity contribution < 1.29 is 19.1 Å². The van der Waals surface area contributed by atoms with E-state index in [1.54, 1.807) is 31.4 Å². The van der Waals surface area contributed by atoms with Crippen LogP contribution in [0.25, 0.3) is 11.4 Å². The number of carbonyl (C=O) groups is 2. The molecule has 2 atom stereocenters. The van der Waals surface area contributed by atoms with E-state index in [9.17, 15) is 9.59 Å². The number of Topliss-reactive ketones (excluding diaryl/α,β-unsaturated/α-hetero) is 1. The highest BCUT2D eigenvalue weighted by Crippen LogP contribution is 2.30. The summed E-state index contributed by atoms with van der Waals surface area (Å²) in [4.78, 5) is 24.3. The number of rotatable bonds is 9. The minimum absolute atomic E-state index is 0.0138. The molecule has 0 aliphatic carbocycles. The van der Waals surface area contributed by atoms with Gasteiger partial charge in [0, 0.05) is 23.4 Å². The van der Waals surface area contributed by atoms with Crippen LogP contribution >= 0.6 is 11.8 Å². The second-order valence-corrected chi connectivity index (χ2v) is 9.47. The Bertz CT molecular complexity index is 1140. The Kier molecular flexibility index (Phi) is 7.64. The largest absolute Gasteiger partial charge is 0.497 e. The van der Waals surface area contributed by atoms with Crippen LogP contribution in [0.15, 0.2) is 53.7 Å². The van der Waals surface area contributed by atoms with Crippen LogP contribution in [-0.2, 0) is 16.1 Å². The summed E-state index contributed by atoms with van der Waals surface area (Å²) in [6.45, 7) is 4.73. The number of ether oxygens (including phenoxy) is 2. The number of benzene rings is 2. The molecule has 0 radical (unpaired) electrons. The predicted molar refractivity (Wildman–Crippen MR) is 131 cm³/mol. The highest BCUT2D eigenvalue weighted by Gasteiger charge is 2.24. The van der Waals surface area contributed by atoms with Crippen molar-refractivity contribution in [3.05, 3.63) is 54.1 Å². The molecule has 0 spiro atoms. The van der Waals surface area contributed by atoms with E-state index in [4.69, 9.17) is 9.47 Å². The van der Waals surface area contributed by atoms with Gasteiger partial charge in [-0.1, -0.05) is 11.8 Å². The summed E-state index contributed by atoms with van der Waals surface area (Å²) in [5.41, 5.74) is 2.16. The van der Waals surface area contributed by atoms with E-state index in [1.807, 2.05) is 35.8 Å². The number of thioether (sulfide) groups is 1. The third-order valence-electron chi connectivity index (χ3n) is 5.69. The van der Waals surface area contributed by atoms with Crippen LogP contribution < -0.4 is 10.1 Å². The number of ketones is 1. The number of hydrogen-bond acceptors (Lipinski definition) is 7. The van der Waals surface area contributed by atoms with Crippen LogP contribution in [0.3, 0.4) is 0 Å². The Labute approximate surface area is 203 Å². The van der Waals surface area contributed by atoms with Crippen molar-refractivity contribution >= 4 is 29.1 Å². The number of aromatic nitrogens is 3. The summed E-state index contributed by atoms with van der Waals surface area (Å²) >= 11 is 1.36. The molecule has 0 bridgehead atoms. The van der Waals surface area contributed by atoms with E-state index in [0.717, 1.165) is 36.6 Å². The standard InChI is InChI=1S/C25H28N4O4S/c1-16(30)18-6-10-20(11-7-18)26-24(31)17(2)34-25-28-27-23(19-8-12-21(32-3)13-9-19)29(25)15-22-5-4-14-33-22/h6-13,17,22H,4-5,14-15H2,1-3H3,(H,26,31). The van der Waals surface area contributed by atoms with E-state index in [-0.39, 0.29) is 17.8 Å². The number of hydrogen-bond donors (Lipinski definition) is 1. The lowest BCUT2D eigenvalue weighted by molar-refractivity contribution is -0.115. The maximum absolute atomic E-state index is 12.8. The van der Waals surface area contributed by atoms with Crippen LogP contribution in [0, 0.1) is 0 Å². The van der Waals surface area contributed by atoms with Crippen molar-refractivity contribution in [3.63, 3.8) is 0 Å². The van der Waals surface area contributed by atoms with Crippen LogP contribution in [0.4, 0.5) is 5.69 Å². The Hall–Kier alpha value is -3.17. The lowest BCUT2D eigenvalue weighted by Crippen LogP contribution is -2.23. The molecule has 1 amide bonds. The number of carbonyl (C=O) groups excluding carboxylic acids is 2. The second-order valence-electron chi connectivity index (χ2n) is 8.16. The first kappa shape index (κ1) is 24.0. The Morgan fingerprint density at radius 3 is 2.53 bits per heavy atom. The minimum Gasteiger partial charge on any atom is -0.497 e. The summed E-state index contributed by atoms with van der Waals surface area (Å²) < 4.78 is 13.2. The van der Waals surface area contributed by atoms with E-state index < -0.39 is 5.25 Å². The summed E-state index contributed by atoms with van der Waals surface area (Å²) in [6, 6.07) is 14.5. The van der Waals surface area contributed by atoms with Gasteiger partial charge < -0.3 is 14.8 Å². The molecule has 1 N–H and O–H groups in total. The van der Waals surface area contributed by atoms with Crippen LogP contribution in [0.2, 0.25) is 0 Å². The Morgan fingerprint density at radius 1 is 1.18 bits per heavy atom. The SMILES string of the molecule is COc1ccc(-c2nnc(SC(C)C(=O)Nc3ccc(C(C)=O)cc3)n2CC2CCCO2)cc1. The number of amides is 1. The molecular formula is C25H28N4O4S. The zero-order valence-electron chi connectivity index (χ0n) is 19.5. The number of anilines is 1. The molecule has 3 aromatic rings. The molecule has 9 heteroatoms. The van der Waals surface area contributed by atoms with Crippen molar-refractivity contribution in [1.82, 2.24) is 14.8 Å². The summed E-state index contributed by atoms with van der Waals surface area (Å²) in [7, 11) is 1.63. The highest BCUT2D eigenvalue weighted by atomic mass is 32.2. The van der Waals surface area contributed by atoms with Gasteiger partial charge in [-0.15, -0.1) is 10.2 Å². The van der Waals surface area contributed by atoms with Gasteiger partial charge in [0.2, 0.25) is 5.91 Å². The summed E-state index contributed by atoms with van der Waals surface area (Å²) in [5.74, 6) is 1.33. The fourth-order valence-electron chi connectivity index (χ4n) is 3.73. The number of nitrogens with zero attached hydrogens (tertiary/aromatic N) is 3. The maximum Gasteiger partial charge on any atom is 0.237 e. The van der Waals surface area contributed by atoms with Gasteiger partial charge in [0.25, 0.3) is 0 Å². The molecule has 1 aliphatic rings. The number of nitrogens with one attached hydrogen (secondary N) is 1. The maximum atomic E-state index is 12.8. The average Bonchev–Trinajstić information content (AvgIpc) is 3.50. The van der Waals surface area contributed by atoms with Crippen molar-refractivity contribution in [2.45, 2.75) is 49.7 Å². The van der Waals surface area contributed by atoms with Crippen molar-refractivity contribution in [1.29, 1.82) is 0 Å². The molecule has 2 aromatic carbocycles. The topological polar surface area (TPSA) is 95.3 Å². The molecule has 1 saturated heterocycles. The zero-order chi connectivity index (χ0) is 24.1. The normalized spacial score (nSPS) is 16.3. The van der Waals surface area contributed by atoms with E-state index >= 15 is 0 Å². The third-order valence-corrected chi connectivity index (χ3v) is 6.77. The fraction of sp³-hybridized carbons (Fsp3) is 0.360. The average molecular weight is 481 g/mol. The zero-order valence-corrected chi connectivity index (χ0v) is 20.3. The Balaban J connectivity index is 1.51. The third kappa shape index (κ3) is 5.66. The van der Waals surface area contributed by atoms with Gasteiger partial charge in [0.15, 0.2) is 16.8 Å². The highest BCUT2D eigenvalue weighted by molar-refractivity contribution is 8.00. The molecule has 178 valence electrons. The molecule has 34 heavy (non-hydrogen) atoms. The van der Waals surface area contributed by atoms with Crippen molar-refractivity contribution in [2.75, 3.05) is 19.0 Å². The van der Waals surface area contributed by atoms with Gasteiger partial charge in [0.05, 0.1) is 25.0 Å². The van der Waals surface area contributed by atoms with Crippen molar-refractivity contribution in [3.8, 4) is 17.1 Å². The molecule has 2 heterocycles. The molecule has 1 fully saturated rings. The first-order chi connectivity index (χ1) is 16.4. The van der Waals surface area contributed by atoms with Gasteiger partial charge in [0.1, 0.15) is 5.75 Å². The molecule has 0 saturated carbocycles. The Morgan fingerprint density at radius 2 is 1.91 bits per heavy atom. The van der Waals surface area contributed by atoms with Gasteiger partial charge in [-0.2, -0.15) is 0 Å². The van der Waals surface area contributed by atoms with Gasteiger partial charge in [-0.25, -0.2) is 0 Å². The minimum atomic E-state index is -0.413. The smallest absolute Gasteiger partial charge is 0.237 e. The van der Waals surface area contributed by atoms with Crippen LogP contribution in [-0.4, -0.2) is 51.5 Å². The van der Waals surface area contributed by atoms with Crippen LogP contribution in [0.1, 0.15) is 37.0 Å².